The van der Waals surface area contributed by atoms with Crippen LogP contribution in [0.5, 0.6) is 0 Å². The Hall–Kier alpha value is -2.05. The van der Waals surface area contributed by atoms with Crippen LogP contribution in [0.15, 0.2) is 47.4 Å². The number of sulfonamides is 1. The maximum atomic E-state index is 13.1. The molecule has 2 aromatic rings. The molecule has 0 atom stereocenters. The molecule has 4 rings (SSSR count). The smallest absolute Gasteiger partial charge is 0.243 e. The van der Waals surface area contributed by atoms with Gasteiger partial charge in [0, 0.05) is 50.6 Å². The number of benzene rings is 2. The van der Waals surface area contributed by atoms with Gasteiger partial charge in [-0.3, -0.25) is 0 Å². The summed E-state index contributed by atoms with van der Waals surface area (Å²) in [6, 6.07) is 14.4. The Balaban J connectivity index is 1.43. The van der Waals surface area contributed by atoms with Crippen molar-refractivity contribution in [2.24, 2.45) is 0 Å². The quantitative estimate of drug-likeness (QED) is 0.790. The zero-order chi connectivity index (χ0) is 19.7. The number of anilines is 2. The predicted molar refractivity (Wildman–Crippen MR) is 115 cm³/mol. The van der Waals surface area contributed by atoms with Crippen LogP contribution < -0.4 is 9.80 Å². The van der Waals surface area contributed by atoms with Crippen LogP contribution in [-0.2, 0) is 10.0 Å². The summed E-state index contributed by atoms with van der Waals surface area (Å²) < 4.78 is 27.8. The monoisotopic (exact) mass is 399 g/mol. The van der Waals surface area contributed by atoms with Crippen LogP contribution in [0.4, 0.5) is 11.4 Å². The molecule has 0 spiro atoms. The molecule has 0 saturated carbocycles. The third-order valence-corrected chi connectivity index (χ3v) is 7.93. The van der Waals surface area contributed by atoms with Crippen molar-refractivity contribution in [3.63, 3.8) is 0 Å². The van der Waals surface area contributed by atoms with E-state index in [9.17, 15) is 8.42 Å². The molecular formula is C22H29N3O2S. The molecule has 0 amide bonds. The molecule has 0 radical (unpaired) electrons. The summed E-state index contributed by atoms with van der Waals surface area (Å²) in [4.78, 5) is 5.15. The predicted octanol–water partition coefficient (Wildman–Crippen LogP) is 3.41. The van der Waals surface area contributed by atoms with Crippen LogP contribution in [-0.4, -0.2) is 52.0 Å². The lowest BCUT2D eigenvalue weighted by Crippen LogP contribution is -2.48. The molecule has 5 nitrogen and oxygen atoms in total. The number of nitrogens with zero attached hydrogens (tertiary/aromatic N) is 3. The van der Waals surface area contributed by atoms with E-state index in [1.165, 1.54) is 24.2 Å². The summed E-state index contributed by atoms with van der Waals surface area (Å²) in [6.07, 6.45) is 2.55. The molecule has 150 valence electrons. The van der Waals surface area contributed by atoms with Gasteiger partial charge in [0.2, 0.25) is 10.0 Å². The van der Waals surface area contributed by atoms with E-state index in [0.29, 0.717) is 31.1 Å². The van der Waals surface area contributed by atoms with Crippen molar-refractivity contribution in [2.45, 2.75) is 31.6 Å². The molecule has 0 aliphatic carbocycles. The van der Waals surface area contributed by atoms with E-state index in [0.717, 1.165) is 24.2 Å². The number of piperazine rings is 1. The second-order valence-corrected chi connectivity index (χ2v) is 9.78. The second kappa shape index (κ2) is 7.76. The molecule has 6 heteroatoms. The standard InChI is InChI=1S/C22H29N3O2S/c1-18-5-6-19(2)22(17-18)28(26,27)25-15-13-24(14-16-25)21-9-7-20(8-10-21)23-11-3-4-12-23/h5-10,17H,3-4,11-16H2,1-2H3. The lowest BCUT2D eigenvalue weighted by molar-refractivity contribution is 0.384. The highest BCUT2D eigenvalue weighted by atomic mass is 32.2. The molecule has 2 fully saturated rings. The lowest BCUT2D eigenvalue weighted by Gasteiger charge is -2.35. The van der Waals surface area contributed by atoms with Gasteiger partial charge in [0.05, 0.1) is 4.90 Å². The van der Waals surface area contributed by atoms with Gasteiger partial charge in [-0.25, -0.2) is 8.42 Å². The summed E-state index contributed by atoms with van der Waals surface area (Å²) in [7, 11) is -3.44. The van der Waals surface area contributed by atoms with Crippen molar-refractivity contribution in [3.8, 4) is 0 Å². The molecular weight excluding hydrogens is 370 g/mol. The summed E-state index contributed by atoms with van der Waals surface area (Å²) in [5.74, 6) is 0. The van der Waals surface area contributed by atoms with Gasteiger partial charge in [0.15, 0.2) is 0 Å². The van der Waals surface area contributed by atoms with Gasteiger partial charge in [-0.15, -0.1) is 0 Å². The molecule has 0 aromatic heterocycles. The van der Waals surface area contributed by atoms with Crippen LogP contribution in [0.2, 0.25) is 0 Å². The Morgan fingerprint density at radius 3 is 1.82 bits per heavy atom. The molecule has 0 unspecified atom stereocenters. The normalized spacial score (nSPS) is 18.6. The number of hydrogen-bond acceptors (Lipinski definition) is 4. The molecule has 2 saturated heterocycles. The molecule has 2 heterocycles. The fourth-order valence-corrected chi connectivity index (χ4v) is 5.89. The van der Waals surface area contributed by atoms with Crippen molar-refractivity contribution < 1.29 is 8.42 Å². The van der Waals surface area contributed by atoms with Crippen molar-refractivity contribution in [1.29, 1.82) is 0 Å². The lowest BCUT2D eigenvalue weighted by atomic mass is 10.2. The highest BCUT2D eigenvalue weighted by Gasteiger charge is 2.29. The summed E-state index contributed by atoms with van der Waals surface area (Å²) in [6.45, 7) is 8.56. The minimum atomic E-state index is -3.44. The number of rotatable bonds is 4. The Morgan fingerprint density at radius 2 is 1.25 bits per heavy atom. The first-order valence-electron chi connectivity index (χ1n) is 10.1. The number of hydrogen-bond donors (Lipinski definition) is 0. The van der Waals surface area contributed by atoms with E-state index >= 15 is 0 Å². The Kier molecular flexibility index (Phi) is 5.34. The minimum Gasteiger partial charge on any atom is -0.372 e. The van der Waals surface area contributed by atoms with E-state index in [2.05, 4.69) is 34.1 Å². The fraction of sp³-hybridized carbons (Fsp3) is 0.455. The van der Waals surface area contributed by atoms with Crippen molar-refractivity contribution in [1.82, 2.24) is 4.31 Å². The van der Waals surface area contributed by atoms with Gasteiger partial charge in [0.1, 0.15) is 0 Å². The Labute approximate surface area is 168 Å². The number of aryl methyl sites for hydroxylation is 2. The van der Waals surface area contributed by atoms with Crippen LogP contribution in [0.25, 0.3) is 0 Å². The average Bonchev–Trinajstić information content (AvgIpc) is 3.25. The summed E-state index contributed by atoms with van der Waals surface area (Å²) in [5, 5.41) is 0. The van der Waals surface area contributed by atoms with Crippen molar-refractivity contribution in [2.75, 3.05) is 49.1 Å². The van der Waals surface area contributed by atoms with E-state index in [1.54, 1.807) is 10.4 Å². The topological polar surface area (TPSA) is 43.9 Å². The second-order valence-electron chi connectivity index (χ2n) is 7.87. The Bertz CT molecular complexity index is 927. The average molecular weight is 400 g/mol. The van der Waals surface area contributed by atoms with E-state index in [4.69, 9.17) is 0 Å². The third-order valence-electron chi connectivity index (χ3n) is 5.89. The van der Waals surface area contributed by atoms with Crippen LogP contribution >= 0.6 is 0 Å². The van der Waals surface area contributed by atoms with Crippen LogP contribution in [0, 0.1) is 13.8 Å². The van der Waals surface area contributed by atoms with Gasteiger partial charge in [-0.1, -0.05) is 12.1 Å². The maximum absolute atomic E-state index is 13.1. The zero-order valence-corrected chi connectivity index (χ0v) is 17.6. The first-order valence-corrected chi connectivity index (χ1v) is 11.6. The largest absolute Gasteiger partial charge is 0.372 e. The molecule has 2 aliphatic heterocycles. The molecule has 0 bridgehead atoms. The first-order chi connectivity index (χ1) is 13.4. The van der Waals surface area contributed by atoms with E-state index < -0.39 is 10.0 Å². The van der Waals surface area contributed by atoms with Gasteiger partial charge in [-0.2, -0.15) is 4.31 Å². The Morgan fingerprint density at radius 1 is 0.714 bits per heavy atom. The van der Waals surface area contributed by atoms with Gasteiger partial charge < -0.3 is 9.80 Å². The third kappa shape index (κ3) is 3.76. The molecule has 0 N–H and O–H groups in total. The van der Waals surface area contributed by atoms with Gasteiger partial charge >= 0.3 is 0 Å². The maximum Gasteiger partial charge on any atom is 0.243 e. The van der Waals surface area contributed by atoms with Crippen LogP contribution in [0.3, 0.4) is 0 Å². The van der Waals surface area contributed by atoms with E-state index in [1.807, 2.05) is 26.0 Å². The fourth-order valence-electron chi connectivity index (χ4n) is 4.16. The van der Waals surface area contributed by atoms with Gasteiger partial charge in [0.25, 0.3) is 0 Å². The van der Waals surface area contributed by atoms with Crippen LogP contribution in [0.1, 0.15) is 24.0 Å². The molecule has 28 heavy (non-hydrogen) atoms. The summed E-state index contributed by atoms with van der Waals surface area (Å²) >= 11 is 0. The SMILES string of the molecule is Cc1ccc(C)c(S(=O)(=O)N2CCN(c3ccc(N4CCCC4)cc3)CC2)c1. The van der Waals surface area contributed by atoms with Gasteiger partial charge in [-0.05, 0) is 68.1 Å². The van der Waals surface area contributed by atoms with Crippen molar-refractivity contribution >= 4 is 21.4 Å². The summed E-state index contributed by atoms with van der Waals surface area (Å²) in [5.41, 5.74) is 4.25. The first kappa shape index (κ1) is 19.3. The highest BCUT2D eigenvalue weighted by Crippen LogP contribution is 2.26. The highest BCUT2D eigenvalue weighted by molar-refractivity contribution is 7.89. The molecule has 2 aliphatic rings. The molecule has 2 aromatic carbocycles. The van der Waals surface area contributed by atoms with E-state index in [-0.39, 0.29) is 0 Å². The minimum absolute atomic E-state index is 0.441. The van der Waals surface area contributed by atoms with Crippen molar-refractivity contribution in [3.05, 3.63) is 53.6 Å². The zero-order valence-electron chi connectivity index (χ0n) is 16.8.